The highest BCUT2D eigenvalue weighted by atomic mass is 19.4. The second-order valence-corrected chi connectivity index (χ2v) is 8.68. The average molecular weight is 490 g/mol. The van der Waals surface area contributed by atoms with Crippen molar-refractivity contribution in [2.75, 3.05) is 0 Å². The summed E-state index contributed by atoms with van der Waals surface area (Å²) in [7, 11) is 0. The molecule has 0 aromatic heterocycles. The zero-order chi connectivity index (χ0) is 25.2. The van der Waals surface area contributed by atoms with Crippen LogP contribution in [0.5, 0.6) is 5.75 Å². The number of hydrogen-bond donors (Lipinski definition) is 0. The molecule has 1 aliphatic carbocycles. The third-order valence-electron chi connectivity index (χ3n) is 6.16. The topological polar surface area (TPSA) is 9.23 Å². The van der Waals surface area contributed by atoms with Crippen LogP contribution >= 0.6 is 0 Å². The van der Waals surface area contributed by atoms with E-state index in [1.165, 1.54) is 12.1 Å². The summed E-state index contributed by atoms with van der Waals surface area (Å²) in [5.41, 5.74) is 3.85. The number of aryl methyl sites for hydroxylation is 1. The average Bonchev–Trinajstić information content (AvgIpc) is 2.79. The number of rotatable bonds is 7. The third kappa shape index (κ3) is 5.89. The van der Waals surface area contributed by atoms with Gasteiger partial charge in [0.05, 0.1) is 0 Å². The van der Waals surface area contributed by atoms with Crippen molar-refractivity contribution >= 4 is 5.57 Å². The van der Waals surface area contributed by atoms with Crippen LogP contribution in [0.3, 0.4) is 0 Å². The summed E-state index contributed by atoms with van der Waals surface area (Å²) in [5, 5.41) is 0. The molecule has 35 heavy (non-hydrogen) atoms. The van der Waals surface area contributed by atoms with Crippen molar-refractivity contribution in [3.8, 4) is 16.9 Å². The van der Waals surface area contributed by atoms with E-state index >= 15 is 0 Å². The minimum absolute atomic E-state index is 0.0701. The predicted molar refractivity (Wildman–Crippen MR) is 123 cm³/mol. The molecular weight excluding hydrogens is 466 g/mol. The van der Waals surface area contributed by atoms with Crippen molar-refractivity contribution in [2.24, 2.45) is 0 Å². The van der Waals surface area contributed by atoms with Gasteiger partial charge in [-0.25, -0.2) is 13.2 Å². The summed E-state index contributed by atoms with van der Waals surface area (Å²) < 4.78 is 84.7. The SMILES string of the molecule is CCCCCc1ccc(C2=CCc3cc(-c4ccc(OC(F)(F)F)c(F)c4)c(F)cc3C2)c(F)c1. The lowest BCUT2D eigenvalue weighted by molar-refractivity contribution is -0.275. The Bertz CT molecular complexity index is 1260. The van der Waals surface area contributed by atoms with Gasteiger partial charge >= 0.3 is 6.36 Å². The molecule has 3 aromatic rings. The van der Waals surface area contributed by atoms with Crippen molar-refractivity contribution in [3.05, 3.63) is 94.3 Å². The molecule has 0 atom stereocenters. The molecule has 1 aliphatic rings. The van der Waals surface area contributed by atoms with E-state index in [0.717, 1.165) is 54.5 Å². The minimum Gasteiger partial charge on any atom is -0.403 e. The van der Waals surface area contributed by atoms with Gasteiger partial charge in [0.1, 0.15) is 11.6 Å². The van der Waals surface area contributed by atoms with Crippen LogP contribution in [0.4, 0.5) is 26.3 Å². The number of allylic oxidation sites excluding steroid dienone is 2. The third-order valence-corrected chi connectivity index (χ3v) is 6.16. The maximum absolute atomic E-state index is 14.9. The molecule has 0 fully saturated rings. The number of alkyl halides is 3. The fraction of sp³-hybridized carbons (Fsp3) is 0.286. The molecule has 0 aliphatic heterocycles. The Kier molecular flexibility index (Phi) is 7.24. The molecule has 7 heteroatoms. The van der Waals surface area contributed by atoms with Gasteiger partial charge in [-0.3, -0.25) is 0 Å². The van der Waals surface area contributed by atoms with E-state index < -0.39 is 23.7 Å². The number of ether oxygens (including phenoxy) is 1. The molecule has 0 radical (unpaired) electrons. The Morgan fingerprint density at radius 1 is 0.800 bits per heavy atom. The zero-order valence-electron chi connectivity index (χ0n) is 19.1. The van der Waals surface area contributed by atoms with Gasteiger partial charge in [0.25, 0.3) is 0 Å². The Balaban J connectivity index is 1.55. The quantitative estimate of drug-likeness (QED) is 0.238. The fourth-order valence-electron chi connectivity index (χ4n) is 4.38. The molecule has 0 amide bonds. The molecule has 0 unspecified atom stereocenters. The highest BCUT2D eigenvalue weighted by Gasteiger charge is 2.32. The van der Waals surface area contributed by atoms with Crippen molar-refractivity contribution in [1.29, 1.82) is 0 Å². The van der Waals surface area contributed by atoms with E-state index in [4.69, 9.17) is 0 Å². The number of benzene rings is 3. The van der Waals surface area contributed by atoms with E-state index in [9.17, 15) is 26.3 Å². The number of unbranched alkanes of at least 4 members (excludes halogenated alkanes) is 2. The van der Waals surface area contributed by atoms with Crippen LogP contribution in [0, 0.1) is 17.5 Å². The molecule has 0 N–H and O–H groups in total. The lowest BCUT2D eigenvalue weighted by atomic mass is 9.85. The van der Waals surface area contributed by atoms with E-state index in [1.807, 2.05) is 12.1 Å². The molecule has 0 heterocycles. The second kappa shape index (κ2) is 10.2. The highest BCUT2D eigenvalue weighted by molar-refractivity contribution is 5.73. The molecule has 0 saturated carbocycles. The molecule has 4 rings (SSSR count). The van der Waals surface area contributed by atoms with Gasteiger partial charge in [-0.05, 0) is 83.8 Å². The molecular formula is C28H24F6O. The molecule has 0 bridgehead atoms. The fourth-order valence-corrected chi connectivity index (χ4v) is 4.38. The Morgan fingerprint density at radius 2 is 1.57 bits per heavy atom. The van der Waals surface area contributed by atoms with Gasteiger partial charge in [-0.1, -0.05) is 44.0 Å². The van der Waals surface area contributed by atoms with E-state index in [1.54, 1.807) is 18.2 Å². The molecule has 184 valence electrons. The number of halogens is 6. The summed E-state index contributed by atoms with van der Waals surface area (Å²) in [5.74, 6) is -3.17. The van der Waals surface area contributed by atoms with Crippen LogP contribution in [0.2, 0.25) is 0 Å². The van der Waals surface area contributed by atoms with Crippen LogP contribution in [0.1, 0.15) is 48.4 Å². The van der Waals surface area contributed by atoms with Gasteiger partial charge in [0.15, 0.2) is 11.6 Å². The summed E-state index contributed by atoms with van der Waals surface area (Å²) in [6.07, 6.45) is 1.64. The maximum Gasteiger partial charge on any atom is 0.573 e. The normalized spacial score (nSPS) is 13.4. The number of hydrogen-bond acceptors (Lipinski definition) is 1. The van der Waals surface area contributed by atoms with Crippen LogP contribution in [-0.4, -0.2) is 6.36 Å². The van der Waals surface area contributed by atoms with Gasteiger partial charge in [-0.2, -0.15) is 0 Å². The van der Waals surface area contributed by atoms with Gasteiger partial charge in [0, 0.05) is 11.1 Å². The van der Waals surface area contributed by atoms with E-state index in [2.05, 4.69) is 11.7 Å². The smallest absolute Gasteiger partial charge is 0.403 e. The summed E-state index contributed by atoms with van der Waals surface area (Å²) in [6.45, 7) is 2.12. The second-order valence-electron chi connectivity index (χ2n) is 8.68. The van der Waals surface area contributed by atoms with Gasteiger partial charge in [0.2, 0.25) is 0 Å². The van der Waals surface area contributed by atoms with Crippen molar-refractivity contribution in [1.82, 2.24) is 0 Å². The van der Waals surface area contributed by atoms with Crippen LogP contribution in [-0.2, 0) is 19.3 Å². The largest absolute Gasteiger partial charge is 0.573 e. The van der Waals surface area contributed by atoms with E-state index in [-0.39, 0.29) is 16.9 Å². The first-order chi connectivity index (χ1) is 16.6. The first-order valence-electron chi connectivity index (χ1n) is 11.5. The summed E-state index contributed by atoms with van der Waals surface area (Å²) in [6, 6.07) is 11.0. The lowest BCUT2D eigenvalue weighted by Crippen LogP contribution is -2.17. The summed E-state index contributed by atoms with van der Waals surface area (Å²) in [4.78, 5) is 0. The minimum atomic E-state index is -5.03. The Hall–Kier alpha value is -3.22. The van der Waals surface area contributed by atoms with E-state index in [0.29, 0.717) is 24.0 Å². The maximum atomic E-state index is 14.9. The van der Waals surface area contributed by atoms with Gasteiger partial charge in [-0.15, -0.1) is 13.2 Å². The predicted octanol–water partition coefficient (Wildman–Crippen LogP) is 8.58. The first kappa shape index (κ1) is 24.9. The Morgan fingerprint density at radius 3 is 2.26 bits per heavy atom. The Labute approximate surface area is 200 Å². The number of fused-ring (bicyclic) bond motifs is 1. The standard InChI is InChI=1S/C28H24F6O/c1-2-3-4-5-17-6-10-22(24(29)12-17)19-8-7-18-14-23(25(30)16-21(18)13-19)20-9-11-27(26(31)15-20)35-28(32,33)34/h6,8-12,14-16H,2-5,7,13H2,1H3. The molecule has 0 spiro atoms. The van der Waals surface area contributed by atoms with Crippen LogP contribution in [0.25, 0.3) is 16.7 Å². The molecule has 1 nitrogen and oxygen atoms in total. The monoisotopic (exact) mass is 490 g/mol. The van der Waals surface area contributed by atoms with Crippen LogP contribution in [0.15, 0.2) is 54.6 Å². The zero-order valence-corrected chi connectivity index (χ0v) is 19.1. The molecule has 3 aromatic carbocycles. The van der Waals surface area contributed by atoms with Crippen molar-refractivity contribution in [2.45, 2.75) is 51.8 Å². The lowest BCUT2D eigenvalue weighted by Gasteiger charge is -2.20. The highest BCUT2D eigenvalue weighted by Crippen LogP contribution is 2.35. The molecule has 0 saturated heterocycles. The van der Waals surface area contributed by atoms with Crippen LogP contribution < -0.4 is 4.74 Å². The van der Waals surface area contributed by atoms with Crippen molar-refractivity contribution < 1.29 is 31.1 Å². The summed E-state index contributed by atoms with van der Waals surface area (Å²) >= 11 is 0. The van der Waals surface area contributed by atoms with Gasteiger partial charge < -0.3 is 4.74 Å². The first-order valence-corrected chi connectivity index (χ1v) is 11.5. The van der Waals surface area contributed by atoms with Crippen molar-refractivity contribution in [3.63, 3.8) is 0 Å².